The molecule has 1 aromatic carbocycles. The minimum atomic E-state index is 0.160. The van der Waals surface area contributed by atoms with Crippen LogP contribution in [0.2, 0.25) is 0 Å². The number of anilines is 1. The minimum Gasteiger partial charge on any atom is -0.369 e. The van der Waals surface area contributed by atoms with Gasteiger partial charge in [-0.25, -0.2) is 0 Å². The van der Waals surface area contributed by atoms with Crippen LogP contribution in [0.4, 0.5) is 5.69 Å². The van der Waals surface area contributed by atoms with Crippen LogP contribution in [0.25, 0.3) is 0 Å². The van der Waals surface area contributed by atoms with Gasteiger partial charge in [-0.15, -0.1) is 0 Å². The van der Waals surface area contributed by atoms with Crippen LogP contribution in [-0.2, 0) is 6.54 Å². The first kappa shape index (κ1) is 17.0. The summed E-state index contributed by atoms with van der Waals surface area (Å²) < 4.78 is 0. The van der Waals surface area contributed by atoms with E-state index in [1.165, 1.54) is 16.8 Å². The van der Waals surface area contributed by atoms with Gasteiger partial charge in [-0.3, -0.25) is 0 Å². The number of hydrogen-bond donors (Lipinski definition) is 1. The summed E-state index contributed by atoms with van der Waals surface area (Å²) in [7, 11) is 2.19. The molecule has 0 aliphatic heterocycles. The fourth-order valence-electron chi connectivity index (χ4n) is 2.13. The van der Waals surface area contributed by atoms with Crippen LogP contribution in [0.3, 0.4) is 0 Å². The first-order valence-electron chi connectivity index (χ1n) is 7.65. The van der Waals surface area contributed by atoms with Crippen LogP contribution in [0.15, 0.2) is 18.2 Å². The molecule has 1 rings (SSSR count). The number of hydrogen-bond acceptors (Lipinski definition) is 2. The highest BCUT2D eigenvalue weighted by atomic mass is 15.2. The first-order valence-corrected chi connectivity index (χ1v) is 7.65. The van der Waals surface area contributed by atoms with E-state index < -0.39 is 0 Å². The molecule has 0 unspecified atom stereocenters. The maximum absolute atomic E-state index is 3.54. The summed E-state index contributed by atoms with van der Waals surface area (Å²) >= 11 is 0. The van der Waals surface area contributed by atoms with Crippen LogP contribution in [-0.4, -0.2) is 18.1 Å². The first-order chi connectivity index (χ1) is 9.07. The van der Waals surface area contributed by atoms with Gasteiger partial charge in [0.1, 0.15) is 0 Å². The van der Waals surface area contributed by atoms with Crippen molar-refractivity contribution in [1.82, 2.24) is 5.32 Å². The van der Waals surface area contributed by atoms with Crippen LogP contribution in [0.5, 0.6) is 0 Å². The molecule has 0 atom stereocenters. The van der Waals surface area contributed by atoms with E-state index in [-0.39, 0.29) is 11.1 Å². The Morgan fingerprint density at radius 1 is 1.10 bits per heavy atom. The number of rotatable bonds is 5. The highest BCUT2D eigenvalue weighted by Crippen LogP contribution is 2.28. The van der Waals surface area contributed by atoms with Gasteiger partial charge >= 0.3 is 0 Å². The van der Waals surface area contributed by atoms with Crippen LogP contribution >= 0.6 is 0 Å². The Labute approximate surface area is 125 Å². The third kappa shape index (κ3) is 4.52. The van der Waals surface area contributed by atoms with Gasteiger partial charge in [-0.2, -0.15) is 0 Å². The van der Waals surface area contributed by atoms with Crippen LogP contribution in [0, 0.1) is 6.92 Å². The Balaban J connectivity index is 2.89. The molecular formula is C18H32N2. The van der Waals surface area contributed by atoms with Crippen molar-refractivity contribution >= 4 is 5.69 Å². The van der Waals surface area contributed by atoms with Gasteiger partial charge in [0.25, 0.3) is 0 Å². The molecule has 0 aromatic heterocycles. The molecule has 0 heterocycles. The van der Waals surface area contributed by atoms with Crippen LogP contribution in [0.1, 0.15) is 59.1 Å². The molecule has 0 aliphatic rings. The highest BCUT2D eigenvalue weighted by Gasteiger charge is 2.22. The van der Waals surface area contributed by atoms with E-state index in [9.17, 15) is 0 Å². The number of nitrogens with zero attached hydrogens (tertiary/aromatic N) is 1. The van der Waals surface area contributed by atoms with Crippen molar-refractivity contribution in [3.63, 3.8) is 0 Å². The Hall–Kier alpha value is -1.02. The molecule has 0 bridgehead atoms. The van der Waals surface area contributed by atoms with Gasteiger partial charge < -0.3 is 10.2 Å². The second-order valence-corrected chi connectivity index (χ2v) is 7.45. The lowest BCUT2D eigenvalue weighted by atomic mass is 9.97. The third-order valence-electron chi connectivity index (χ3n) is 4.22. The normalized spacial score (nSPS) is 12.6. The van der Waals surface area contributed by atoms with E-state index in [1.54, 1.807) is 0 Å². The molecule has 0 fully saturated rings. The van der Waals surface area contributed by atoms with Gasteiger partial charge in [0, 0.05) is 30.4 Å². The summed E-state index contributed by atoms with van der Waals surface area (Å²) in [4.78, 5) is 2.39. The predicted molar refractivity (Wildman–Crippen MR) is 90.5 cm³/mol. The van der Waals surface area contributed by atoms with Gasteiger partial charge in [0.05, 0.1) is 0 Å². The fraction of sp³-hybridized carbons (Fsp3) is 0.667. The summed E-state index contributed by atoms with van der Waals surface area (Å²) in [5.74, 6) is 0. The molecule has 1 aromatic rings. The second-order valence-electron chi connectivity index (χ2n) is 7.45. The molecule has 0 aliphatic carbocycles. The Morgan fingerprint density at radius 2 is 1.70 bits per heavy atom. The lowest BCUT2D eigenvalue weighted by Gasteiger charge is -2.38. The zero-order valence-electron chi connectivity index (χ0n) is 14.6. The van der Waals surface area contributed by atoms with Crippen molar-refractivity contribution in [3.05, 3.63) is 29.3 Å². The highest BCUT2D eigenvalue weighted by molar-refractivity contribution is 5.55. The van der Waals surface area contributed by atoms with Gasteiger partial charge in [0.2, 0.25) is 0 Å². The minimum absolute atomic E-state index is 0.160. The summed E-state index contributed by atoms with van der Waals surface area (Å²) in [6, 6.07) is 6.80. The average Bonchev–Trinajstić information content (AvgIpc) is 2.35. The van der Waals surface area contributed by atoms with E-state index in [4.69, 9.17) is 0 Å². The van der Waals surface area contributed by atoms with E-state index in [0.717, 1.165) is 13.0 Å². The van der Waals surface area contributed by atoms with Gasteiger partial charge in [-0.05, 0) is 65.2 Å². The summed E-state index contributed by atoms with van der Waals surface area (Å²) in [5.41, 5.74) is 4.38. The molecule has 2 nitrogen and oxygen atoms in total. The van der Waals surface area contributed by atoms with Crippen molar-refractivity contribution in [2.75, 3.05) is 11.9 Å². The second kappa shape index (κ2) is 6.17. The molecule has 1 N–H and O–H groups in total. The molecule has 0 radical (unpaired) electrons. The van der Waals surface area contributed by atoms with Crippen molar-refractivity contribution in [3.8, 4) is 0 Å². The summed E-state index contributed by atoms with van der Waals surface area (Å²) in [6.07, 6.45) is 1.14. The molecular weight excluding hydrogens is 244 g/mol. The monoisotopic (exact) mass is 276 g/mol. The molecule has 0 saturated heterocycles. The van der Waals surface area contributed by atoms with Crippen molar-refractivity contribution < 1.29 is 0 Å². The largest absolute Gasteiger partial charge is 0.369 e. The molecule has 20 heavy (non-hydrogen) atoms. The summed E-state index contributed by atoms with van der Waals surface area (Å²) in [6.45, 7) is 16.6. The molecule has 2 heteroatoms. The third-order valence-corrected chi connectivity index (χ3v) is 4.22. The molecule has 0 saturated carbocycles. The molecule has 0 spiro atoms. The van der Waals surface area contributed by atoms with Gasteiger partial charge in [-0.1, -0.05) is 19.1 Å². The smallest absolute Gasteiger partial charge is 0.0397 e. The Kier molecular flexibility index (Phi) is 5.26. The van der Waals surface area contributed by atoms with Crippen molar-refractivity contribution in [2.45, 2.75) is 72.5 Å². The number of nitrogens with one attached hydrogen (secondary N) is 1. The van der Waals surface area contributed by atoms with Crippen LogP contribution < -0.4 is 10.2 Å². The summed E-state index contributed by atoms with van der Waals surface area (Å²) in [5, 5.41) is 3.54. The maximum atomic E-state index is 3.54. The predicted octanol–water partition coefficient (Wildman–Crippen LogP) is 4.51. The zero-order valence-corrected chi connectivity index (χ0v) is 14.6. The van der Waals surface area contributed by atoms with E-state index in [0.29, 0.717) is 0 Å². The van der Waals surface area contributed by atoms with Crippen molar-refractivity contribution in [1.29, 1.82) is 0 Å². The Bertz CT molecular complexity index is 441. The van der Waals surface area contributed by atoms with Gasteiger partial charge in [0.15, 0.2) is 0 Å². The van der Waals surface area contributed by atoms with Crippen molar-refractivity contribution in [2.24, 2.45) is 0 Å². The number of aryl methyl sites for hydroxylation is 1. The number of benzene rings is 1. The van der Waals surface area contributed by atoms with E-state index in [2.05, 4.69) is 83.9 Å². The topological polar surface area (TPSA) is 15.3 Å². The van der Waals surface area contributed by atoms with E-state index >= 15 is 0 Å². The SMILES string of the molecule is CCC(C)(C)N(C)c1ccc(CNC(C)(C)C)cc1C. The standard InChI is InChI=1S/C18H32N2/c1-9-18(6,7)20(8)16-11-10-15(12-14(16)2)13-19-17(3,4)5/h10-12,19H,9,13H2,1-8H3. The lowest BCUT2D eigenvalue weighted by Crippen LogP contribution is -2.41. The Morgan fingerprint density at radius 3 is 2.15 bits per heavy atom. The zero-order chi connectivity index (χ0) is 15.6. The molecule has 0 amide bonds. The lowest BCUT2D eigenvalue weighted by molar-refractivity contribution is 0.424. The average molecular weight is 276 g/mol. The fourth-order valence-corrected chi connectivity index (χ4v) is 2.13. The quantitative estimate of drug-likeness (QED) is 0.851. The maximum Gasteiger partial charge on any atom is 0.0397 e. The molecule has 114 valence electrons. The van der Waals surface area contributed by atoms with E-state index in [1.807, 2.05) is 0 Å².